The summed E-state index contributed by atoms with van der Waals surface area (Å²) >= 11 is 6.17. The maximum Gasteiger partial charge on any atom is 0.405 e. The average Bonchev–Trinajstić information content (AvgIpc) is 2.61. The van der Waals surface area contributed by atoms with Crippen molar-refractivity contribution in [2.75, 3.05) is 0 Å². The third-order valence-corrected chi connectivity index (χ3v) is 4.35. The molecule has 1 atom stereocenters. The van der Waals surface area contributed by atoms with Gasteiger partial charge in [0.15, 0.2) is 5.78 Å². The quantitative estimate of drug-likeness (QED) is 0.678. The first kappa shape index (κ1) is 16.9. The van der Waals surface area contributed by atoms with Crippen LogP contribution >= 0.6 is 11.6 Å². The lowest BCUT2D eigenvalue weighted by Crippen LogP contribution is -2.24. The molecule has 0 unspecified atom stereocenters. The third-order valence-electron chi connectivity index (χ3n) is 4.02. The van der Waals surface area contributed by atoms with Crippen LogP contribution in [0.5, 0.6) is 0 Å². The van der Waals surface area contributed by atoms with Crippen molar-refractivity contribution in [2.45, 2.75) is 13.0 Å². The van der Waals surface area contributed by atoms with Gasteiger partial charge in [0, 0.05) is 33.9 Å². The Morgan fingerprint density at radius 3 is 2.48 bits per heavy atom. The zero-order valence-corrected chi connectivity index (χ0v) is 14.1. The zero-order valence-electron chi connectivity index (χ0n) is 13.4. The summed E-state index contributed by atoms with van der Waals surface area (Å²) in [7, 11) is 0. The number of carboxylic acid groups (broad SMARTS) is 1. The van der Waals surface area contributed by atoms with Crippen molar-refractivity contribution in [3.8, 4) is 0 Å². The summed E-state index contributed by atoms with van der Waals surface area (Å²) in [5.74, 6) is -0.127. The number of rotatable bonds is 4. The maximum absolute atomic E-state index is 12.9. The van der Waals surface area contributed by atoms with Crippen LogP contribution in [0.25, 0.3) is 10.8 Å². The largest absolute Gasteiger partial charge is 0.465 e. The molecule has 2 aromatic carbocycles. The van der Waals surface area contributed by atoms with Crippen LogP contribution in [0.15, 0.2) is 54.9 Å². The number of nitrogens with one attached hydrogen (secondary N) is 1. The molecule has 0 radical (unpaired) electrons. The number of halogens is 1. The van der Waals surface area contributed by atoms with Crippen molar-refractivity contribution in [3.63, 3.8) is 0 Å². The van der Waals surface area contributed by atoms with Crippen LogP contribution in [0.4, 0.5) is 4.79 Å². The molecular formula is C19H15ClN2O3. The highest BCUT2D eigenvalue weighted by Gasteiger charge is 2.15. The number of hydrogen-bond acceptors (Lipinski definition) is 3. The Hall–Kier alpha value is -2.92. The van der Waals surface area contributed by atoms with Crippen molar-refractivity contribution < 1.29 is 14.7 Å². The van der Waals surface area contributed by atoms with E-state index in [2.05, 4.69) is 10.3 Å². The number of benzene rings is 2. The molecule has 1 amide bonds. The number of amides is 1. The fourth-order valence-electron chi connectivity index (χ4n) is 2.70. The molecule has 0 bridgehead atoms. The van der Waals surface area contributed by atoms with Crippen molar-refractivity contribution in [3.05, 3.63) is 76.6 Å². The SMILES string of the molecule is C[C@@H](NC(=O)O)c1ccc(C(=O)c2ccc(Cl)c3cnccc23)cc1. The van der Waals surface area contributed by atoms with Gasteiger partial charge in [-0.25, -0.2) is 4.79 Å². The molecule has 2 N–H and O–H groups in total. The van der Waals surface area contributed by atoms with E-state index in [0.29, 0.717) is 16.1 Å². The summed E-state index contributed by atoms with van der Waals surface area (Å²) in [6.07, 6.45) is 2.17. The Morgan fingerprint density at radius 1 is 1.08 bits per heavy atom. The van der Waals surface area contributed by atoms with Crippen molar-refractivity contribution in [1.29, 1.82) is 0 Å². The summed E-state index contributed by atoms with van der Waals surface area (Å²) in [4.78, 5) is 27.6. The molecule has 3 rings (SSSR count). The fourth-order valence-corrected chi connectivity index (χ4v) is 2.91. The number of pyridine rings is 1. The topological polar surface area (TPSA) is 79.3 Å². The van der Waals surface area contributed by atoms with Gasteiger partial charge in [0.25, 0.3) is 0 Å². The number of aromatic nitrogens is 1. The number of nitrogens with zero attached hydrogens (tertiary/aromatic N) is 1. The van der Waals surface area contributed by atoms with Crippen molar-refractivity contribution in [2.24, 2.45) is 0 Å². The summed E-state index contributed by atoms with van der Waals surface area (Å²) < 4.78 is 0. The molecule has 0 aliphatic carbocycles. The molecule has 0 aliphatic rings. The highest BCUT2D eigenvalue weighted by Crippen LogP contribution is 2.27. The predicted octanol–water partition coefficient (Wildman–Crippen LogP) is 4.45. The van der Waals surface area contributed by atoms with Crippen LogP contribution in [0, 0.1) is 0 Å². The Balaban J connectivity index is 1.94. The van der Waals surface area contributed by atoms with Crippen LogP contribution < -0.4 is 5.32 Å². The van der Waals surface area contributed by atoms with E-state index in [1.54, 1.807) is 61.8 Å². The van der Waals surface area contributed by atoms with E-state index in [1.807, 2.05) is 0 Å². The molecule has 0 aliphatic heterocycles. The van der Waals surface area contributed by atoms with E-state index in [9.17, 15) is 9.59 Å². The number of fused-ring (bicyclic) bond motifs is 1. The van der Waals surface area contributed by atoms with E-state index < -0.39 is 6.09 Å². The molecule has 0 spiro atoms. The lowest BCUT2D eigenvalue weighted by atomic mass is 9.96. The molecule has 0 saturated heterocycles. The molecule has 25 heavy (non-hydrogen) atoms. The van der Waals surface area contributed by atoms with Crippen LogP contribution in [0.2, 0.25) is 5.02 Å². The second-order valence-electron chi connectivity index (χ2n) is 5.64. The number of carbonyl (C=O) groups excluding carboxylic acids is 1. The van der Waals surface area contributed by atoms with Gasteiger partial charge >= 0.3 is 6.09 Å². The molecular weight excluding hydrogens is 340 g/mol. The first-order chi connectivity index (χ1) is 12.0. The van der Waals surface area contributed by atoms with Crippen molar-refractivity contribution >= 4 is 34.2 Å². The zero-order chi connectivity index (χ0) is 18.0. The van der Waals surface area contributed by atoms with Gasteiger partial charge < -0.3 is 10.4 Å². The molecule has 5 nitrogen and oxygen atoms in total. The normalized spacial score (nSPS) is 11.9. The van der Waals surface area contributed by atoms with Gasteiger partial charge in [0.2, 0.25) is 0 Å². The third kappa shape index (κ3) is 3.46. The molecule has 6 heteroatoms. The van der Waals surface area contributed by atoms with Gasteiger partial charge in [-0.15, -0.1) is 0 Å². The van der Waals surface area contributed by atoms with E-state index in [-0.39, 0.29) is 11.8 Å². The minimum atomic E-state index is -1.09. The van der Waals surface area contributed by atoms with Crippen LogP contribution in [0.1, 0.15) is 34.5 Å². The molecule has 1 aromatic heterocycles. The standard InChI is InChI=1S/C19H15ClN2O3/c1-11(22-19(24)25)12-2-4-13(5-3-12)18(23)15-6-7-17(20)16-10-21-9-8-14(15)16/h2-11,22H,1H3,(H,24,25)/t11-/m1/s1. The highest BCUT2D eigenvalue weighted by molar-refractivity contribution is 6.36. The lowest BCUT2D eigenvalue weighted by molar-refractivity contribution is 0.104. The Bertz CT molecular complexity index is 955. The lowest BCUT2D eigenvalue weighted by Gasteiger charge is -2.12. The Morgan fingerprint density at radius 2 is 1.80 bits per heavy atom. The van der Waals surface area contributed by atoms with Gasteiger partial charge in [0.1, 0.15) is 0 Å². The molecule has 1 heterocycles. The molecule has 126 valence electrons. The smallest absolute Gasteiger partial charge is 0.405 e. The number of hydrogen-bond donors (Lipinski definition) is 2. The predicted molar refractivity (Wildman–Crippen MR) is 96.2 cm³/mol. The van der Waals surface area contributed by atoms with E-state index in [1.165, 1.54) is 0 Å². The van der Waals surface area contributed by atoms with Crippen LogP contribution in [0.3, 0.4) is 0 Å². The summed E-state index contributed by atoms with van der Waals surface area (Å²) in [6.45, 7) is 1.74. The Kier molecular flexibility index (Phi) is 4.67. The second-order valence-corrected chi connectivity index (χ2v) is 6.05. The van der Waals surface area contributed by atoms with E-state index in [0.717, 1.165) is 16.3 Å². The van der Waals surface area contributed by atoms with Gasteiger partial charge in [0.05, 0.1) is 6.04 Å². The Labute approximate surface area is 149 Å². The summed E-state index contributed by atoms with van der Waals surface area (Å²) in [5.41, 5.74) is 1.85. The van der Waals surface area contributed by atoms with E-state index in [4.69, 9.17) is 16.7 Å². The minimum Gasteiger partial charge on any atom is -0.465 e. The average molecular weight is 355 g/mol. The maximum atomic E-state index is 12.9. The second kappa shape index (κ2) is 6.91. The first-order valence-electron chi connectivity index (χ1n) is 7.63. The molecule has 0 saturated carbocycles. The number of carbonyl (C=O) groups is 2. The first-order valence-corrected chi connectivity index (χ1v) is 8.01. The van der Waals surface area contributed by atoms with Gasteiger partial charge in [-0.3, -0.25) is 9.78 Å². The molecule has 3 aromatic rings. The van der Waals surface area contributed by atoms with Gasteiger partial charge in [-0.1, -0.05) is 35.9 Å². The van der Waals surface area contributed by atoms with Crippen LogP contribution in [-0.2, 0) is 0 Å². The summed E-state index contributed by atoms with van der Waals surface area (Å²) in [5, 5.41) is 13.2. The van der Waals surface area contributed by atoms with Crippen molar-refractivity contribution in [1.82, 2.24) is 10.3 Å². The minimum absolute atomic E-state index is 0.127. The van der Waals surface area contributed by atoms with Crippen LogP contribution in [-0.4, -0.2) is 22.0 Å². The van der Waals surface area contributed by atoms with Gasteiger partial charge in [-0.2, -0.15) is 0 Å². The van der Waals surface area contributed by atoms with E-state index >= 15 is 0 Å². The monoisotopic (exact) mass is 354 g/mol. The number of ketones is 1. The van der Waals surface area contributed by atoms with Gasteiger partial charge in [-0.05, 0) is 36.1 Å². The highest BCUT2D eigenvalue weighted by atomic mass is 35.5. The summed E-state index contributed by atoms with van der Waals surface area (Å²) in [6, 6.07) is 11.7. The molecule has 0 fully saturated rings. The fraction of sp³-hybridized carbons (Fsp3) is 0.105.